The normalized spacial score (nSPS) is 10.7. The number of hydrogen-bond donors (Lipinski definition) is 1. The number of rotatable bonds is 3. The lowest BCUT2D eigenvalue weighted by molar-refractivity contribution is 0.410. The Hall–Kier alpha value is -2.75. The molecular weight excluding hydrogens is 268 g/mol. The predicted molar refractivity (Wildman–Crippen MR) is 79.9 cm³/mol. The van der Waals surface area contributed by atoms with Gasteiger partial charge in [0.1, 0.15) is 17.1 Å². The van der Waals surface area contributed by atoms with E-state index in [1.807, 2.05) is 24.3 Å². The first-order chi connectivity index (χ1) is 10.2. The zero-order chi connectivity index (χ0) is 14.8. The maximum atomic E-state index is 12.5. The molecule has 0 unspecified atom stereocenters. The van der Waals surface area contributed by atoms with E-state index in [0.717, 1.165) is 11.3 Å². The van der Waals surface area contributed by atoms with Crippen LogP contribution in [-0.2, 0) is 6.42 Å². The fraction of sp³-hybridized carbons (Fsp3) is 0.118. The molecule has 0 saturated carbocycles. The summed E-state index contributed by atoms with van der Waals surface area (Å²) in [6, 6.07) is 12.0. The van der Waals surface area contributed by atoms with Crippen molar-refractivity contribution >= 4 is 11.0 Å². The van der Waals surface area contributed by atoms with E-state index in [1.54, 1.807) is 13.2 Å². The second-order valence-corrected chi connectivity index (χ2v) is 4.76. The first-order valence-electron chi connectivity index (χ1n) is 6.54. The zero-order valence-electron chi connectivity index (χ0n) is 11.5. The molecule has 4 heteroatoms. The fourth-order valence-corrected chi connectivity index (χ4v) is 2.33. The van der Waals surface area contributed by atoms with Gasteiger partial charge in [0, 0.05) is 18.1 Å². The molecule has 2 aromatic carbocycles. The Bertz CT molecular complexity index is 849. The Morgan fingerprint density at radius 1 is 1.14 bits per heavy atom. The second-order valence-electron chi connectivity index (χ2n) is 4.76. The molecule has 3 rings (SSSR count). The number of para-hydroxylation sites is 1. The summed E-state index contributed by atoms with van der Waals surface area (Å²) in [5.74, 6) is 0.811. The van der Waals surface area contributed by atoms with Crippen LogP contribution >= 0.6 is 0 Å². The standard InChI is InChI=1S/C17H14O4/c1-20-15-5-3-2-4-11(15)8-12-10-21-16-9-13(18)6-7-14(16)17(12)19/h2-7,9-10,18H,8H2,1H3. The van der Waals surface area contributed by atoms with Crippen molar-refractivity contribution < 1.29 is 14.3 Å². The molecule has 1 aromatic heterocycles. The quantitative estimate of drug-likeness (QED) is 0.802. The van der Waals surface area contributed by atoms with Crippen LogP contribution in [0.2, 0.25) is 0 Å². The van der Waals surface area contributed by atoms with E-state index >= 15 is 0 Å². The third-order valence-electron chi connectivity index (χ3n) is 3.40. The maximum absolute atomic E-state index is 12.5. The maximum Gasteiger partial charge on any atom is 0.196 e. The van der Waals surface area contributed by atoms with Crippen molar-refractivity contribution in [3.63, 3.8) is 0 Å². The number of fused-ring (bicyclic) bond motifs is 1. The van der Waals surface area contributed by atoms with E-state index < -0.39 is 0 Å². The highest BCUT2D eigenvalue weighted by molar-refractivity contribution is 5.78. The average Bonchev–Trinajstić information content (AvgIpc) is 2.50. The summed E-state index contributed by atoms with van der Waals surface area (Å²) in [6.45, 7) is 0. The number of methoxy groups -OCH3 is 1. The van der Waals surface area contributed by atoms with Gasteiger partial charge in [-0.2, -0.15) is 0 Å². The molecule has 0 aliphatic heterocycles. The molecule has 106 valence electrons. The third kappa shape index (κ3) is 2.48. The summed E-state index contributed by atoms with van der Waals surface area (Å²) in [5, 5.41) is 9.87. The van der Waals surface area contributed by atoms with Gasteiger partial charge in [-0.15, -0.1) is 0 Å². The highest BCUT2D eigenvalue weighted by Crippen LogP contribution is 2.22. The largest absolute Gasteiger partial charge is 0.508 e. The van der Waals surface area contributed by atoms with E-state index in [1.165, 1.54) is 18.4 Å². The Kier molecular flexibility index (Phi) is 3.36. The van der Waals surface area contributed by atoms with E-state index in [0.29, 0.717) is 23.0 Å². The molecule has 0 aliphatic carbocycles. The smallest absolute Gasteiger partial charge is 0.196 e. The molecule has 0 amide bonds. The van der Waals surface area contributed by atoms with Gasteiger partial charge in [-0.1, -0.05) is 18.2 Å². The second kappa shape index (κ2) is 5.32. The van der Waals surface area contributed by atoms with Crippen molar-refractivity contribution in [3.05, 3.63) is 70.1 Å². The first-order valence-corrected chi connectivity index (χ1v) is 6.54. The van der Waals surface area contributed by atoms with Crippen LogP contribution in [0.3, 0.4) is 0 Å². The summed E-state index contributed by atoms with van der Waals surface area (Å²) >= 11 is 0. The minimum atomic E-state index is -0.0952. The van der Waals surface area contributed by atoms with Crippen LogP contribution in [0.4, 0.5) is 0 Å². The van der Waals surface area contributed by atoms with Crippen LogP contribution in [0.15, 0.2) is 57.9 Å². The number of phenolic OH excluding ortho intramolecular Hbond substituents is 1. The van der Waals surface area contributed by atoms with E-state index in [-0.39, 0.29) is 11.2 Å². The summed E-state index contributed by atoms with van der Waals surface area (Å²) in [6.07, 6.45) is 1.87. The molecule has 21 heavy (non-hydrogen) atoms. The third-order valence-corrected chi connectivity index (χ3v) is 3.40. The van der Waals surface area contributed by atoms with Gasteiger partial charge in [-0.3, -0.25) is 4.79 Å². The zero-order valence-corrected chi connectivity index (χ0v) is 11.5. The van der Waals surface area contributed by atoms with Crippen molar-refractivity contribution in [1.29, 1.82) is 0 Å². The monoisotopic (exact) mass is 282 g/mol. The lowest BCUT2D eigenvalue weighted by Gasteiger charge is -2.08. The van der Waals surface area contributed by atoms with Crippen LogP contribution in [0, 0.1) is 0 Å². The molecule has 0 bridgehead atoms. The van der Waals surface area contributed by atoms with E-state index in [9.17, 15) is 9.90 Å². The van der Waals surface area contributed by atoms with Crippen molar-refractivity contribution in [2.45, 2.75) is 6.42 Å². The molecule has 0 radical (unpaired) electrons. The lowest BCUT2D eigenvalue weighted by atomic mass is 10.0. The van der Waals surface area contributed by atoms with Gasteiger partial charge in [-0.05, 0) is 23.8 Å². The molecule has 0 saturated heterocycles. The highest BCUT2D eigenvalue weighted by Gasteiger charge is 2.10. The lowest BCUT2D eigenvalue weighted by Crippen LogP contribution is -2.09. The molecule has 0 spiro atoms. The molecule has 0 fully saturated rings. The van der Waals surface area contributed by atoms with Crippen LogP contribution in [0.25, 0.3) is 11.0 Å². The van der Waals surface area contributed by atoms with Gasteiger partial charge in [0.2, 0.25) is 0 Å². The molecule has 0 atom stereocenters. The predicted octanol–water partition coefficient (Wildman–Crippen LogP) is 3.10. The van der Waals surface area contributed by atoms with Gasteiger partial charge in [-0.25, -0.2) is 0 Å². The topological polar surface area (TPSA) is 59.7 Å². The van der Waals surface area contributed by atoms with Crippen LogP contribution in [0.5, 0.6) is 11.5 Å². The van der Waals surface area contributed by atoms with Crippen molar-refractivity contribution in [3.8, 4) is 11.5 Å². The van der Waals surface area contributed by atoms with Crippen LogP contribution in [0.1, 0.15) is 11.1 Å². The number of aromatic hydroxyl groups is 1. The van der Waals surface area contributed by atoms with Gasteiger partial charge >= 0.3 is 0 Å². The van der Waals surface area contributed by atoms with Crippen molar-refractivity contribution in [1.82, 2.24) is 0 Å². The SMILES string of the molecule is COc1ccccc1Cc1coc2cc(O)ccc2c1=O. The Labute approximate surface area is 121 Å². The number of phenols is 1. The molecule has 1 N–H and O–H groups in total. The van der Waals surface area contributed by atoms with E-state index in [2.05, 4.69) is 0 Å². The minimum Gasteiger partial charge on any atom is -0.508 e. The summed E-state index contributed by atoms with van der Waals surface area (Å²) in [5.41, 5.74) is 1.76. The Balaban J connectivity index is 2.07. The molecule has 3 aromatic rings. The van der Waals surface area contributed by atoms with Gasteiger partial charge < -0.3 is 14.3 Å². The summed E-state index contributed by atoms with van der Waals surface area (Å²) in [7, 11) is 1.60. The number of benzene rings is 2. The highest BCUT2D eigenvalue weighted by atomic mass is 16.5. The first kappa shape index (κ1) is 13.2. The fourth-order valence-electron chi connectivity index (χ4n) is 2.33. The van der Waals surface area contributed by atoms with Crippen molar-refractivity contribution in [2.24, 2.45) is 0 Å². The summed E-state index contributed by atoms with van der Waals surface area (Å²) in [4.78, 5) is 12.5. The molecule has 4 nitrogen and oxygen atoms in total. The van der Waals surface area contributed by atoms with Gasteiger partial charge in [0.15, 0.2) is 5.43 Å². The molecule has 1 heterocycles. The number of hydrogen-bond acceptors (Lipinski definition) is 4. The average molecular weight is 282 g/mol. The van der Waals surface area contributed by atoms with Gasteiger partial charge in [0.05, 0.1) is 18.8 Å². The van der Waals surface area contributed by atoms with Crippen LogP contribution < -0.4 is 10.2 Å². The Morgan fingerprint density at radius 2 is 1.95 bits per heavy atom. The van der Waals surface area contributed by atoms with Crippen molar-refractivity contribution in [2.75, 3.05) is 7.11 Å². The van der Waals surface area contributed by atoms with Crippen LogP contribution in [-0.4, -0.2) is 12.2 Å². The molecular formula is C17H14O4. The molecule has 0 aliphatic rings. The minimum absolute atomic E-state index is 0.0723. The van der Waals surface area contributed by atoms with Gasteiger partial charge in [0.25, 0.3) is 0 Å². The van der Waals surface area contributed by atoms with E-state index in [4.69, 9.17) is 9.15 Å². The Morgan fingerprint density at radius 3 is 2.76 bits per heavy atom. The number of ether oxygens (including phenoxy) is 1. The summed E-state index contributed by atoms with van der Waals surface area (Å²) < 4.78 is 10.7.